The van der Waals surface area contributed by atoms with E-state index in [4.69, 9.17) is 14.2 Å². The zero-order chi connectivity index (χ0) is 16.7. The molecule has 1 spiro atoms. The minimum atomic E-state index is -0.504. The summed E-state index contributed by atoms with van der Waals surface area (Å²) in [6.07, 6.45) is 3.39. The lowest BCUT2D eigenvalue weighted by Gasteiger charge is -2.40. The van der Waals surface area contributed by atoms with Gasteiger partial charge >= 0.3 is 0 Å². The average Bonchev–Trinajstić information content (AvgIpc) is 2.68. The Hall–Kier alpha value is -2.43. The Morgan fingerprint density at radius 1 is 0.960 bits per heavy atom. The maximum atomic E-state index is 6.22. The summed E-state index contributed by atoms with van der Waals surface area (Å²) >= 11 is 0. The van der Waals surface area contributed by atoms with Gasteiger partial charge in [0.15, 0.2) is 0 Å². The second-order valence-electron chi connectivity index (χ2n) is 6.61. The lowest BCUT2D eigenvalue weighted by Crippen LogP contribution is -2.46. The molecule has 25 heavy (non-hydrogen) atoms. The van der Waals surface area contributed by atoms with Crippen molar-refractivity contribution in [1.82, 2.24) is 4.98 Å². The lowest BCUT2D eigenvalue weighted by atomic mass is 9.97. The van der Waals surface area contributed by atoms with Crippen molar-refractivity contribution < 1.29 is 14.2 Å². The van der Waals surface area contributed by atoms with Crippen molar-refractivity contribution in [2.45, 2.75) is 25.2 Å². The third-order valence-corrected chi connectivity index (χ3v) is 5.06. The molecule has 0 unspecified atom stereocenters. The highest BCUT2D eigenvalue weighted by atomic mass is 16.7. The second kappa shape index (κ2) is 5.83. The summed E-state index contributed by atoms with van der Waals surface area (Å²) in [6.45, 7) is 1.96. The minimum Gasteiger partial charge on any atom is -0.462 e. The number of pyridine rings is 1. The fourth-order valence-corrected chi connectivity index (χ4v) is 3.68. The first-order chi connectivity index (χ1) is 12.3. The molecule has 2 aliphatic rings. The molecule has 1 aromatic heterocycles. The van der Waals surface area contributed by atoms with Gasteiger partial charge in [-0.05, 0) is 35.4 Å². The SMILES string of the molecule is c1cc(-c2ccc3c(c2)COC2(CCOCC2)O3)c2cccnc2c1. The van der Waals surface area contributed by atoms with Crippen LogP contribution in [0.3, 0.4) is 0 Å². The number of aromatic nitrogens is 1. The van der Waals surface area contributed by atoms with Gasteiger partial charge in [-0.15, -0.1) is 0 Å². The van der Waals surface area contributed by atoms with Crippen LogP contribution < -0.4 is 4.74 Å². The molecule has 0 atom stereocenters. The van der Waals surface area contributed by atoms with E-state index < -0.39 is 5.79 Å². The predicted molar refractivity (Wildman–Crippen MR) is 95.4 cm³/mol. The molecule has 0 bridgehead atoms. The smallest absolute Gasteiger partial charge is 0.215 e. The summed E-state index contributed by atoms with van der Waals surface area (Å²) in [7, 11) is 0. The third kappa shape index (κ3) is 2.58. The van der Waals surface area contributed by atoms with Crippen molar-refractivity contribution in [2.75, 3.05) is 13.2 Å². The monoisotopic (exact) mass is 333 g/mol. The molecule has 0 aliphatic carbocycles. The topological polar surface area (TPSA) is 40.6 Å². The molecule has 1 saturated heterocycles. The number of benzene rings is 2. The second-order valence-corrected chi connectivity index (χ2v) is 6.61. The highest BCUT2D eigenvalue weighted by Crippen LogP contribution is 2.39. The van der Waals surface area contributed by atoms with E-state index >= 15 is 0 Å². The summed E-state index contributed by atoms with van der Waals surface area (Å²) in [5.74, 6) is 0.422. The first-order valence-corrected chi connectivity index (χ1v) is 8.71. The molecule has 0 radical (unpaired) electrons. The van der Waals surface area contributed by atoms with Gasteiger partial charge in [-0.3, -0.25) is 4.98 Å². The molecule has 2 aromatic carbocycles. The van der Waals surface area contributed by atoms with Crippen LogP contribution in [-0.4, -0.2) is 24.0 Å². The van der Waals surface area contributed by atoms with Crippen LogP contribution in [0.4, 0.5) is 0 Å². The molecule has 2 aliphatic heterocycles. The quantitative estimate of drug-likeness (QED) is 0.665. The number of rotatable bonds is 1. The van der Waals surface area contributed by atoms with E-state index in [9.17, 15) is 0 Å². The number of fused-ring (bicyclic) bond motifs is 2. The molecule has 126 valence electrons. The maximum absolute atomic E-state index is 6.22. The van der Waals surface area contributed by atoms with Gasteiger partial charge in [0.2, 0.25) is 5.79 Å². The van der Waals surface area contributed by atoms with Gasteiger partial charge < -0.3 is 14.2 Å². The zero-order valence-electron chi connectivity index (χ0n) is 13.9. The Labute approximate surface area is 146 Å². The number of hydrogen-bond donors (Lipinski definition) is 0. The zero-order valence-corrected chi connectivity index (χ0v) is 13.9. The molecule has 3 heterocycles. The van der Waals surface area contributed by atoms with Crippen molar-refractivity contribution in [1.29, 1.82) is 0 Å². The van der Waals surface area contributed by atoms with Gasteiger partial charge in [0, 0.05) is 30.0 Å². The summed E-state index contributed by atoms with van der Waals surface area (Å²) in [6, 6.07) is 16.7. The van der Waals surface area contributed by atoms with Crippen molar-refractivity contribution in [3.8, 4) is 16.9 Å². The van der Waals surface area contributed by atoms with Crippen molar-refractivity contribution in [3.05, 3.63) is 60.3 Å². The Morgan fingerprint density at radius 3 is 2.80 bits per heavy atom. The lowest BCUT2D eigenvalue weighted by molar-refractivity contribution is -0.241. The highest BCUT2D eigenvalue weighted by molar-refractivity contribution is 5.94. The third-order valence-electron chi connectivity index (χ3n) is 5.06. The van der Waals surface area contributed by atoms with Crippen LogP contribution in [0.25, 0.3) is 22.0 Å². The van der Waals surface area contributed by atoms with E-state index in [1.54, 1.807) is 0 Å². The predicted octanol–water partition coefficient (Wildman–Crippen LogP) is 4.32. The Balaban J connectivity index is 1.53. The van der Waals surface area contributed by atoms with Crippen LogP contribution in [0.1, 0.15) is 18.4 Å². The maximum Gasteiger partial charge on any atom is 0.215 e. The van der Waals surface area contributed by atoms with Gasteiger partial charge in [-0.1, -0.05) is 24.3 Å². The van der Waals surface area contributed by atoms with Gasteiger partial charge in [-0.2, -0.15) is 0 Å². The molecule has 5 rings (SSSR count). The average molecular weight is 333 g/mol. The minimum absolute atomic E-state index is 0.504. The molecule has 0 amide bonds. The summed E-state index contributed by atoms with van der Waals surface area (Å²) in [5, 5.41) is 1.16. The van der Waals surface area contributed by atoms with Gasteiger partial charge in [0.25, 0.3) is 0 Å². The van der Waals surface area contributed by atoms with Gasteiger partial charge in [0.1, 0.15) is 5.75 Å². The summed E-state index contributed by atoms with van der Waals surface area (Å²) in [5.41, 5.74) is 4.44. The van der Waals surface area contributed by atoms with Gasteiger partial charge in [-0.25, -0.2) is 0 Å². The molecule has 0 saturated carbocycles. The van der Waals surface area contributed by atoms with E-state index in [0.717, 1.165) is 40.6 Å². The largest absolute Gasteiger partial charge is 0.462 e. The summed E-state index contributed by atoms with van der Waals surface area (Å²) < 4.78 is 17.8. The molecular formula is C21H19NO3. The van der Waals surface area contributed by atoms with Crippen molar-refractivity contribution in [2.24, 2.45) is 0 Å². The Kier molecular flexibility index (Phi) is 3.47. The molecule has 0 N–H and O–H groups in total. The van der Waals surface area contributed by atoms with E-state index in [1.807, 2.05) is 24.4 Å². The van der Waals surface area contributed by atoms with Gasteiger partial charge in [0.05, 0.1) is 25.3 Å². The van der Waals surface area contributed by atoms with Crippen LogP contribution in [0.15, 0.2) is 54.7 Å². The van der Waals surface area contributed by atoms with Crippen molar-refractivity contribution in [3.63, 3.8) is 0 Å². The molecule has 1 fully saturated rings. The first-order valence-electron chi connectivity index (χ1n) is 8.71. The van der Waals surface area contributed by atoms with Crippen LogP contribution >= 0.6 is 0 Å². The summed E-state index contributed by atoms with van der Waals surface area (Å²) in [4.78, 5) is 4.45. The van der Waals surface area contributed by atoms with E-state index in [0.29, 0.717) is 19.8 Å². The Bertz CT molecular complexity index is 926. The van der Waals surface area contributed by atoms with Crippen LogP contribution in [-0.2, 0) is 16.1 Å². The van der Waals surface area contributed by atoms with E-state index in [2.05, 4.69) is 35.3 Å². The fraction of sp³-hybridized carbons (Fsp3) is 0.286. The first kappa shape index (κ1) is 14.9. The number of ether oxygens (including phenoxy) is 3. The Morgan fingerprint density at radius 2 is 1.88 bits per heavy atom. The number of nitrogens with zero attached hydrogens (tertiary/aromatic N) is 1. The molecule has 3 aromatic rings. The normalized spacial score (nSPS) is 18.7. The van der Waals surface area contributed by atoms with Crippen LogP contribution in [0.2, 0.25) is 0 Å². The molecule has 4 nitrogen and oxygen atoms in total. The van der Waals surface area contributed by atoms with Crippen LogP contribution in [0.5, 0.6) is 5.75 Å². The highest BCUT2D eigenvalue weighted by Gasteiger charge is 2.39. The standard InChI is InChI=1S/C21H19NO3/c1-3-17(18-4-2-10-22-19(18)5-1)15-6-7-20-16(13-15)14-24-21(25-20)8-11-23-12-9-21/h1-7,10,13H,8-9,11-12,14H2. The number of hydrogen-bond acceptors (Lipinski definition) is 4. The fourth-order valence-electron chi connectivity index (χ4n) is 3.68. The van der Waals surface area contributed by atoms with E-state index in [-0.39, 0.29) is 0 Å². The van der Waals surface area contributed by atoms with Crippen molar-refractivity contribution >= 4 is 10.9 Å². The molecule has 4 heteroatoms. The van der Waals surface area contributed by atoms with Crippen LogP contribution in [0, 0.1) is 0 Å². The molecular weight excluding hydrogens is 314 g/mol. The van der Waals surface area contributed by atoms with E-state index in [1.165, 1.54) is 5.56 Å².